The zero-order chi connectivity index (χ0) is 20.4. The van der Waals surface area contributed by atoms with Crippen molar-refractivity contribution in [3.05, 3.63) is 78.4 Å². The van der Waals surface area contributed by atoms with E-state index in [1.807, 2.05) is 30.3 Å². The predicted octanol–water partition coefficient (Wildman–Crippen LogP) is 2.61. The normalized spacial score (nSPS) is 11.3. The van der Waals surface area contributed by atoms with Crippen LogP contribution >= 0.6 is 0 Å². The molecule has 0 radical (unpaired) electrons. The first-order chi connectivity index (χ1) is 13.4. The Morgan fingerprint density at radius 2 is 1.57 bits per heavy atom. The fraction of sp³-hybridized carbons (Fsp3) is 0.238. The fourth-order valence-corrected chi connectivity index (χ4v) is 3.70. The quantitative estimate of drug-likeness (QED) is 0.477. The number of carbonyl (C=O) groups is 2. The third-order valence-corrected chi connectivity index (χ3v) is 5.48. The Hall–Kier alpha value is -2.93. The summed E-state index contributed by atoms with van der Waals surface area (Å²) >= 11 is 0. The molecule has 0 aliphatic heterocycles. The third kappa shape index (κ3) is 7.00. The first kappa shape index (κ1) is 21.4. The number of hydrogen-bond donors (Lipinski definition) is 0. The van der Waals surface area contributed by atoms with E-state index in [1.165, 1.54) is 24.0 Å². The molecule has 0 bridgehead atoms. The number of nitrogens with zero attached hydrogens (tertiary/aromatic N) is 1. The number of amides is 1. The van der Waals surface area contributed by atoms with Crippen molar-refractivity contribution in [1.82, 2.24) is 4.90 Å². The number of esters is 1. The molecule has 7 heteroatoms. The zero-order valence-electron chi connectivity index (χ0n) is 15.7. The summed E-state index contributed by atoms with van der Waals surface area (Å²) in [5.74, 6) is -1.50. The Labute approximate surface area is 165 Å². The highest BCUT2D eigenvalue weighted by atomic mass is 32.2. The molecule has 2 aromatic rings. The Morgan fingerprint density at radius 3 is 2.18 bits per heavy atom. The third-order valence-electron chi connectivity index (χ3n) is 3.86. The summed E-state index contributed by atoms with van der Waals surface area (Å²) in [6.45, 7) is 1.90. The summed E-state index contributed by atoms with van der Waals surface area (Å²) in [6, 6.07) is 17.2. The van der Waals surface area contributed by atoms with Gasteiger partial charge in [0.2, 0.25) is 5.91 Å². The second-order valence-electron chi connectivity index (χ2n) is 6.11. The van der Waals surface area contributed by atoms with Gasteiger partial charge >= 0.3 is 5.97 Å². The number of benzene rings is 2. The van der Waals surface area contributed by atoms with Gasteiger partial charge in [-0.05, 0) is 23.8 Å². The molecule has 0 spiro atoms. The van der Waals surface area contributed by atoms with Crippen molar-refractivity contribution in [1.29, 1.82) is 0 Å². The van der Waals surface area contributed by atoms with Crippen molar-refractivity contribution in [2.24, 2.45) is 0 Å². The monoisotopic (exact) mass is 401 g/mol. The summed E-state index contributed by atoms with van der Waals surface area (Å²) in [7, 11) is -3.73. The average Bonchev–Trinajstić information content (AvgIpc) is 2.67. The van der Waals surface area contributed by atoms with Gasteiger partial charge in [-0.25, -0.2) is 8.42 Å². The number of hydrogen-bond acceptors (Lipinski definition) is 5. The molecule has 1 amide bonds. The zero-order valence-corrected chi connectivity index (χ0v) is 16.5. The number of ether oxygens (including phenoxy) is 1. The van der Waals surface area contributed by atoms with E-state index in [-0.39, 0.29) is 24.6 Å². The van der Waals surface area contributed by atoms with E-state index < -0.39 is 27.5 Å². The minimum atomic E-state index is -3.73. The van der Waals surface area contributed by atoms with E-state index >= 15 is 0 Å². The van der Waals surface area contributed by atoms with E-state index in [1.54, 1.807) is 30.4 Å². The standard InChI is InChI=1S/C21H23NO5S/c1-18(23)27-15-9-8-14-22(16-19-10-4-2-5-11-19)21(24)17-28(25,26)20-12-6-3-7-13-20/h2-13H,14-17H2,1H3/b9-8-. The van der Waals surface area contributed by atoms with Crippen LogP contribution < -0.4 is 0 Å². The number of carbonyl (C=O) groups excluding carboxylic acids is 2. The molecule has 0 heterocycles. The molecule has 2 rings (SSSR count). The molecule has 0 aromatic heterocycles. The van der Waals surface area contributed by atoms with Gasteiger partial charge in [0.15, 0.2) is 9.84 Å². The lowest BCUT2D eigenvalue weighted by Gasteiger charge is -2.21. The van der Waals surface area contributed by atoms with Crippen molar-refractivity contribution < 1.29 is 22.7 Å². The number of sulfone groups is 1. The van der Waals surface area contributed by atoms with Crippen LogP contribution in [0, 0.1) is 0 Å². The van der Waals surface area contributed by atoms with Crippen molar-refractivity contribution in [3.8, 4) is 0 Å². The second kappa shape index (κ2) is 10.4. The van der Waals surface area contributed by atoms with Gasteiger partial charge in [-0.1, -0.05) is 54.6 Å². The minimum absolute atomic E-state index is 0.102. The van der Waals surface area contributed by atoms with Crippen LogP contribution in [0.5, 0.6) is 0 Å². The molecule has 0 saturated carbocycles. The van der Waals surface area contributed by atoms with Gasteiger partial charge in [0, 0.05) is 20.0 Å². The lowest BCUT2D eigenvalue weighted by Crippen LogP contribution is -2.35. The molecule has 0 aliphatic rings. The minimum Gasteiger partial charge on any atom is -0.462 e. The van der Waals surface area contributed by atoms with Gasteiger partial charge in [-0.15, -0.1) is 0 Å². The van der Waals surface area contributed by atoms with Crippen LogP contribution in [-0.4, -0.2) is 44.1 Å². The van der Waals surface area contributed by atoms with Gasteiger partial charge in [0.05, 0.1) is 4.90 Å². The Kier molecular flexibility index (Phi) is 7.95. The molecule has 148 valence electrons. The van der Waals surface area contributed by atoms with E-state index in [4.69, 9.17) is 4.74 Å². The fourth-order valence-electron chi connectivity index (χ4n) is 2.46. The lowest BCUT2D eigenvalue weighted by atomic mass is 10.2. The Bertz CT molecular complexity index is 908. The molecule has 0 atom stereocenters. The van der Waals surface area contributed by atoms with Gasteiger partial charge in [0.25, 0.3) is 0 Å². The van der Waals surface area contributed by atoms with Crippen LogP contribution in [0.1, 0.15) is 12.5 Å². The highest BCUT2D eigenvalue weighted by Crippen LogP contribution is 2.12. The molecular weight excluding hydrogens is 378 g/mol. The molecule has 6 nitrogen and oxygen atoms in total. The Morgan fingerprint density at radius 1 is 0.964 bits per heavy atom. The van der Waals surface area contributed by atoms with Crippen LogP contribution in [0.4, 0.5) is 0 Å². The van der Waals surface area contributed by atoms with Gasteiger partial charge in [0.1, 0.15) is 12.4 Å². The van der Waals surface area contributed by atoms with E-state index in [0.717, 1.165) is 5.56 Å². The smallest absolute Gasteiger partial charge is 0.302 e. The first-order valence-electron chi connectivity index (χ1n) is 8.76. The molecule has 0 N–H and O–H groups in total. The summed E-state index contributed by atoms with van der Waals surface area (Å²) in [5, 5.41) is 0. The maximum atomic E-state index is 12.7. The van der Waals surface area contributed by atoms with Gasteiger partial charge in [-0.3, -0.25) is 9.59 Å². The summed E-state index contributed by atoms with van der Waals surface area (Å²) in [4.78, 5) is 25.1. The van der Waals surface area contributed by atoms with Crippen molar-refractivity contribution in [2.45, 2.75) is 18.4 Å². The lowest BCUT2D eigenvalue weighted by molar-refractivity contribution is -0.139. The first-order valence-corrected chi connectivity index (χ1v) is 10.4. The summed E-state index contributed by atoms with van der Waals surface area (Å²) < 4.78 is 29.9. The SMILES string of the molecule is CC(=O)OC/C=C\CN(Cc1ccccc1)C(=O)CS(=O)(=O)c1ccccc1. The molecule has 0 fully saturated rings. The number of rotatable bonds is 9. The van der Waals surface area contributed by atoms with Crippen molar-refractivity contribution >= 4 is 21.7 Å². The van der Waals surface area contributed by atoms with Gasteiger partial charge < -0.3 is 9.64 Å². The predicted molar refractivity (Wildman–Crippen MR) is 106 cm³/mol. The van der Waals surface area contributed by atoms with E-state index in [2.05, 4.69) is 0 Å². The molecule has 0 saturated heterocycles. The molecule has 0 unspecified atom stereocenters. The van der Waals surface area contributed by atoms with Crippen molar-refractivity contribution in [2.75, 3.05) is 18.9 Å². The largest absolute Gasteiger partial charge is 0.462 e. The maximum Gasteiger partial charge on any atom is 0.302 e. The molecule has 2 aromatic carbocycles. The topological polar surface area (TPSA) is 80.8 Å². The van der Waals surface area contributed by atoms with Crippen molar-refractivity contribution in [3.63, 3.8) is 0 Å². The molecule has 0 aliphatic carbocycles. The second-order valence-corrected chi connectivity index (χ2v) is 8.10. The van der Waals surface area contributed by atoms with Gasteiger partial charge in [-0.2, -0.15) is 0 Å². The average molecular weight is 401 g/mol. The van der Waals surface area contributed by atoms with Crippen LogP contribution in [0.25, 0.3) is 0 Å². The maximum absolute atomic E-state index is 12.7. The molecule has 28 heavy (non-hydrogen) atoms. The van der Waals surface area contributed by atoms with Crippen LogP contribution in [0.3, 0.4) is 0 Å². The Balaban J connectivity index is 2.10. The van der Waals surface area contributed by atoms with E-state index in [9.17, 15) is 18.0 Å². The highest BCUT2D eigenvalue weighted by Gasteiger charge is 2.23. The highest BCUT2D eigenvalue weighted by molar-refractivity contribution is 7.92. The molecular formula is C21H23NO5S. The van der Waals surface area contributed by atoms with E-state index in [0.29, 0.717) is 0 Å². The summed E-state index contributed by atoms with van der Waals surface area (Å²) in [6.07, 6.45) is 3.30. The van der Waals surface area contributed by atoms with Crippen LogP contribution in [0.15, 0.2) is 77.7 Å². The van der Waals surface area contributed by atoms with Crippen LogP contribution in [0.2, 0.25) is 0 Å². The van der Waals surface area contributed by atoms with Crippen LogP contribution in [-0.2, 0) is 30.7 Å². The summed E-state index contributed by atoms with van der Waals surface area (Å²) in [5.41, 5.74) is 0.890.